The molecule has 27 heavy (non-hydrogen) atoms. The molecular weight excluding hydrogens is 353 g/mol. The van der Waals surface area contributed by atoms with Crippen LogP contribution in [0.1, 0.15) is 35.0 Å². The van der Waals surface area contributed by atoms with Crippen molar-refractivity contribution in [3.05, 3.63) is 65.1 Å². The number of likely N-dealkylation sites (tertiary alicyclic amines) is 1. The van der Waals surface area contributed by atoms with Gasteiger partial charge in [0.25, 0.3) is 0 Å². The van der Waals surface area contributed by atoms with Gasteiger partial charge in [-0.2, -0.15) is 18.3 Å². The number of aromatic nitrogens is 3. The third kappa shape index (κ3) is 3.83. The van der Waals surface area contributed by atoms with E-state index in [4.69, 9.17) is 0 Å². The van der Waals surface area contributed by atoms with Gasteiger partial charge < -0.3 is 4.90 Å². The highest BCUT2D eigenvalue weighted by Crippen LogP contribution is 2.32. The number of fused-ring (bicyclic) bond motifs is 1. The van der Waals surface area contributed by atoms with E-state index in [1.54, 1.807) is 13.0 Å². The van der Waals surface area contributed by atoms with Crippen LogP contribution in [0.15, 0.2) is 42.5 Å². The Bertz CT molecular complexity index is 934. The Morgan fingerprint density at radius 3 is 2.67 bits per heavy atom. The minimum atomic E-state index is -4.45. The molecule has 0 unspecified atom stereocenters. The summed E-state index contributed by atoms with van der Waals surface area (Å²) in [6.07, 6.45) is -2.58. The maximum atomic E-state index is 13.3. The molecular formula is C20H21F3N4. The summed E-state index contributed by atoms with van der Waals surface area (Å²) in [5.74, 6) is 0.142. The number of hydrogen-bond acceptors (Lipinski definition) is 3. The molecule has 1 aliphatic heterocycles. The zero-order valence-corrected chi connectivity index (χ0v) is 15.1. The summed E-state index contributed by atoms with van der Waals surface area (Å²) in [4.78, 5) is 6.58. The molecule has 1 atom stereocenters. The van der Waals surface area contributed by atoms with Gasteiger partial charge in [-0.15, -0.1) is 0 Å². The monoisotopic (exact) mass is 374 g/mol. The van der Waals surface area contributed by atoms with Gasteiger partial charge in [0.1, 0.15) is 5.69 Å². The fourth-order valence-electron chi connectivity index (χ4n) is 3.73. The van der Waals surface area contributed by atoms with Crippen molar-refractivity contribution in [2.45, 2.75) is 31.9 Å². The minimum Gasteiger partial charge on any atom is -0.302 e. The van der Waals surface area contributed by atoms with Gasteiger partial charge in [-0.05, 0) is 37.9 Å². The zero-order chi connectivity index (χ0) is 19.0. The molecule has 1 saturated heterocycles. The van der Waals surface area contributed by atoms with Crippen molar-refractivity contribution < 1.29 is 13.2 Å². The predicted molar refractivity (Wildman–Crippen MR) is 96.7 cm³/mol. The second-order valence-electron chi connectivity index (χ2n) is 7.14. The van der Waals surface area contributed by atoms with Crippen LogP contribution in [-0.2, 0) is 12.6 Å². The second-order valence-corrected chi connectivity index (χ2v) is 7.14. The first-order valence-electron chi connectivity index (χ1n) is 9.11. The number of hydrogen-bond donors (Lipinski definition) is 0. The highest BCUT2D eigenvalue weighted by atomic mass is 19.4. The van der Waals surface area contributed by atoms with E-state index in [2.05, 4.69) is 27.1 Å². The summed E-state index contributed by atoms with van der Waals surface area (Å²) in [6, 6.07) is 13.0. The third-order valence-electron chi connectivity index (χ3n) is 5.11. The van der Waals surface area contributed by atoms with E-state index >= 15 is 0 Å². The molecule has 1 aliphatic rings. The largest absolute Gasteiger partial charge is 0.433 e. The molecule has 3 aromatic rings. The SMILES string of the molecule is Cc1cc(C(F)(F)F)n2nc([C@H]3CCN(CCc4ccccc4)C3)cc2n1. The van der Waals surface area contributed by atoms with Gasteiger partial charge in [-0.25, -0.2) is 9.50 Å². The Labute approximate surface area is 155 Å². The zero-order valence-electron chi connectivity index (χ0n) is 15.1. The molecule has 0 amide bonds. The molecule has 2 aromatic heterocycles. The van der Waals surface area contributed by atoms with Crippen LogP contribution >= 0.6 is 0 Å². The molecule has 0 spiro atoms. The first kappa shape index (κ1) is 18.0. The molecule has 0 radical (unpaired) electrons. The van der Waals surface area contributed by atoms with Crippen LogP contribution in [0.25, 0.3) is 5.65 Å². The molecule has 1 fully saturated rings. The summed E-state index contributed by atoms with van der Waals surface area (Å²) >= 11 is 0. The topological polar surface area (TPSA) is 33.4 Å². The predicted octanol–water partition coefficient (Wildman–Crippen LogP) is 4.09. The van der Waals surface area contributed by atoms with Crippen LogP contribution < -0.4 is 0 Å². The Morgan fingerprint density at radius 1 is 1.15 bits per heavy atom. The Hall–Kier alpha value is -2.41. The Balaban J connectivity index is 1.50. The summed E-state index contributed by atoms with van der Waals surface area (Å²) in [7, 11) is 0. The summed E-state index contributed by atoms with van der Waals surface area (Å²) in [5, 5.41) is 4.26. The molecule has 142 valence electrons. The number of halogens is 3. The summed E-state index contributed by atoms with van der Waals surface area (Å²) < 4.78 is 40.9. The number of benzene rings is 1. The lowest BCUT2D eigenvalue weighted by Crippen LogP contribution is -2.23. The first-order chi connectivity index (χ1) is 12.9. The van der Waals surface area contributed by atoms with Crippen LogP contribution in [0.2, 0.25) is 0 Å². The van der Waals surface area contributed by atoms with Gasteiger partial charge in [0.15, 0.2) is 5.65 Å². The van der Waals surface area contributed by atoms with Crippen LogP contribution in [-0.4, -0.2) is 39.1 Å². The molecule has 0 N–H and O–H groups in total. The third-order valence-corrected chi connectivity index (χ3v) is 5.11. The molecule has 7 heteroatoms. The van der Waals surface area contributed by atoms with Crippen LogP contribution in [0.3, 0.4) is 0 Å². The molecule has 4 nitrogen and oxygen atoms in total. The van der Waals surface area contributed by atoms with E-state index in [1.165, 1.54) is 5.56 Å². The normalized spacial score (nSPS) is 18.4. The van der Waals surface area contributed by atoms with E-state index < -0.39 is 11.9 Å². The fourth-order valence-corrected chi connectivity index (χ4v) is 3.73. The average Bonchev–Trinajstić information content (AvgIpc) is 3.25. The van der Waals surface area contributed by atoms with Crippen LogP contribution in [0.5, 0.6) is 0 Å². The van der Waals surface area contributed by atoms with Crippen molar-refractivity contribution in [3.8, 4) is 0 Å². The molecule has 0 saturated carbocycles. The minimum absolute atomic E-state index is 0.142. The van der Waals surface area contributed by atoms with E-state index in [1.807, 2.05) is 18.2 Å². The van der Waals surface area contributed by atoms with Crippen LogP contribution in [0, 0.1) is 6.92 Å². The van der Waals surface area contributed by atoms with Crippen molar-refractivity contribution in [1.29, 1.82) is 0 Å². The Kier molecular flexibility index (Phi) is 4.63. The maximum absolute atomic E-state index is 13.3. The van der Waals surface area contributed by atoms with Gasteiger partial charge >= 0.3 is 6.18 Å². The van der Waals surface area contributed by atoms with Gasteiger partial charge in [0, 0.05) is 30.8 Å². The van der Waals surface area contributed by atoms with E-state index in [0.717, 1.165) is 43.1 Å². The molecule has 0 bridgehead atoms. The van der Waals surface area contributed by atoms with Crippen molar-refractivity contribution in [2.75, 3.05) is 19.6 Å². The lowest BCUT2D eigenvalue weighted by atomic mass is 10.1. The smallest absolute Gasteiger partial charge is 0.302 e. The fraction of sp³-hybridized carbons (Fsp3) is 0.400. The number of aryl methyl sites for hydroxylation is 1. The van der Waals surface area contributed by atoms with E-state index in [9.17, 15) is 13.2 Å². The Morgan fingerprint density at radius 2 is 1.93 bits per heavy atom. The maximum Gasteiger partial charge on any atom is 0.433 e. The number of alkyl halides is 3. The summed E-state index contributed by atoms with van der Waals surface area (Å²) in [6.45, 7) is 4.27. The second kappa shape index (κ2) is 6.96. The van der Waals surface area contributed by atoms with E-state index in [0.29, 0.717) is 11.4 Å². The van der Waals surface area contributed by atoms with E-state index in [-0.39, 0.29) is 11.6 Å². The summed E-state index contributed by atoms with van der Waals surface area (Å²) in [5.41, 5.74) is 1.83. The standard InChI is InChI=1S/C20H21F3N4/c1-14-11-18(20(21,22)23)27-19(24-14)12-17(25-27)16-8-10-26(13-16)9-7-15-5-3-2-4-6-15/h2-6,11-12,16H,7-10,13H2,1H3/t16-/m0/s1. The van der Waals surface area contributed by atoms with Crippen molar-refractivity contribution >= 4 is 5.65 Å². The quantitative estimate of drug-likeness (QED) is 0.690. The van der Waals surface area contributed by atoms with Gasteiger partial charge in [0.2, 0.25) is 0 Å². The number of nitrogens with zero attached hydrogens (tertiary/aromatic N) is 4. The van der Waals surface area contributed by atoms with Crippen LogP contribution in [0.4, 0.5) is 13.2 Å². The van der Waals surface area contributed by atoms with Crippen molar-refractivity contribution in [1.82, 2.24) is 19.5 Å². The number of rotatable bonds is 4. The molecule has 3 heterocycles. The van der Waals surface area contributed by atoms with Gasteiger partial charge in [-0.3, -0.25) is 0 Å². The molecule has 1 aromatic carbocycles. The lowest BCUT2D eigenvalue weighted by molar-refractivity contribution is -0.142. The highest BCUT2D eigenvalue weighted by molar-refractivity contribution is 5.43. The average molecular weight is 374 g/mol. The first-order valence-corrected chi connectivity index (χ1v) is 9.11. The highest BCUT2D eigenvalue weighted by Gasteiger charge is 2.35. The van der Waals surface area contributed by atoms with Gasteiger partial charge in [0.05, 0.1) is 5.69 Å². The lowest BCUT2D eigenvalue weighted by Gasteiger charge is -2.15. The van der Waals surface area contributed by atoms with Crippen molar-refractivity contribution in [3.63, 3.8) is 0 Å². The van der Waals surface area contributed by atoms with Crippen molar-refractivity contribution in [2.24, 2.45) is 0 Å². The van der Waals surface area contributed by atoms with Gasteiger partial charge in [-0.1, -0.05) is 30.3 Å². The molecule has 0 aliphatic carbocycles. The molecule has 4 rings (SSSR count).